The van der Waals surface area contributed by atoms with Gasteiger partial charge in [0.1, 0.15) is 0 Å². The highest BCUT2D eigenvalue weighted by atomic mass is 16.1. The Balaban J connectivity index is 2.01. The first-order valence-electron chi connectivity index (χ1n) is 5.59. The average molecular weight is 211 g/mol. The van der Waals surface area contributed by atoms with Gasteiger partial charge in [-0.05, 0) is 30.0 Å². The number of aryl methyl sites for hydroxylation is 1. The van der Waals surface area contributed by atoms with Crippen LogP contribution in [0.4, 0.5) is 0 Å². The molecule has 1 aromatic carbocycles. The smallest absolute Gasteiger partial charge is 0.151 e. The number of benzene rings is 1. The topological polar surface area (TPSA) is 22.0 Å². The molecule has 0 N–H and O–H groups in total. The molecule has 1 aliphatic rings. The molecule has 1 aliphatic carbocycles. The Kier molecular flexibility index (Phi) is 2.13. The number of nitrogens with zero attached hydrogens (tertiary/aromatic N) is 1. The van der Waals surface area contributed by atoms with Crippen LogP contribution >= 0.6 is 0 Å². The van der Waals surface area contributed by atoms with Gasteiger partial charge in [-0.25, -0.2) is 0 Å². The Hall–Kier alpha value is -1.83. The molecule has 3 rings (SSSR count). The van der Waals surface area contributed by atoms with Crippen molar-refractivity contribution in [1.29, 1.82) is 0 Å². The zero-order valence-corrected chi connectivity index (χ0v) is 8.97. The van der Waals surface area contributed by atoms with Crippen LogP contribution in [0.2, 0.25) is 0 Å². The van der Waals surface area contributed by atoms with Crippen molar-refractivity contribution in [2.24, 2.45) is 0 Å². The molecule has 2 heteroatoms. The molecule has 2 nitrogen and oxygen atoms in total. The van der Waals surface area contributed by atoms with Crippen LogP contribution in [-0.2, 0) is 6.42 Å². The minimum atomic E-state index is 0.407. The highest BCUT2D eigenvalue weighted by Crippen LogP contribution is 2.34. The van der Waals surface area contributed by atoms with Crippen LogP contribution in [0.3, 0.4) is 0 Å². The molecule has 0 amide bonds. The molecule has 1 aromatic heterocycles. The number of hydrogen-bond donors (Lipinski definition) is 0. The molecule has 1 unspecified atom stereocenters. The summed E-state index contributed by atoms with van der Waals surface area (Å²) >= 11 is 0. The van der Waals surface area contributed by atoms with Gasteiger partial charge in [-0.1, -0.05) is 24.3 Å². The SMILES string of the molecule is O=Cc1ccn(C2CCc3ccccc32)c1. The molecule has 0 saturated carbocycles. The number of carbonyl (C=O) groups is 1. The van der Waals surface area contributed by atoms with Gasteiger partial charge in [-0.2, -0.15) is 0 Å². The molecule has 1 atom stereocenters. The fourth-order valence-corrected chi connectivity index (χ4v) is 2.54. The van der Waals surface area contributed by atoms with Gasteiger partial charge in [0.05, 0.1) is 6.04 Å². The van der Waals surface area contributed by atoms with E-state index in [4.69, 9.17) is 0 Å². The highest BCUT2D eigenvalue weighted by Gasteiger charge is 2.22. The first-order chi connectivity index (χ1) is 7.88. The Morgan fingerprint density at radius 2 is 2.12 bits per heavy atom. The Bertz CT molecular complexity index is 527. The number of fused-ring (bicyclic) bond motifs is 1. The molecule has 80 valence electrons. The van der Waals surface area contributed by atoms with Gasteiger partial charge < -0.3 is 4.57 Å². The van der Waals surface area contributed by atoms with Crippen LogP contribution in [-0.4, -0.2) is 10.9 Å². The summed E-state index contributed by atoms with van der Waals surface area (Å²) in [5, 5.41) is 0. The molecule has 0 aliphatic heterocycles. The second-order valence-electron chi connectivity index (χ2n) is 4.26. The normalized spacial score (nSPS) is 18.4. The van der Waals surface area contributed by atoms with Crippen molar-refractivity contribution in [3.05, 3.63) is 59.4 Å². The van der Waals surface area contributed by atoms with E-state index >= 15 is 0 Å². The van der Waals surface area contributed by atoms with Gasteiger partial charge in [-0.15, -0.1) is 0 Å². The van der Waals surface area contributed by atoms with E-state index in [1.165, 1.54) is 11.1 Å². The summed E-state index contributed by atoms with van der Waals surface area (Å²) < 4.78 is 2.15. The maximum atomic E-state index is 10.7. The molecule has 1 heterocycles. The lowest BCUT2D eigenvalue weighted by molar-refractivity contribution is 0.112. The standard InChI is InChI=1S/C14H13NO/c16-10-11-7-8-15(9-11)14-6-5-12-3-1-2-4-13(12)14/h1-4,7-10,14H,5-6H2. The van der Waals surface area contributed by atoms with Crippen molar-refractivity contribution in [3.63, 3.8) is 0 Å². The summed E-state index contributed by atoms with van der Waals surface area (Å²) in [5.41, 5.74) is 3.59. The fourth-order valence-electron chi connectivity index (χ4n) is 2.54. The summed E-state index contributed by atoms with van der Waals surface area (Å²) in [5.74, 6) is 0. The fraction of sp³-hybridized carbons (Fsp3) is 0.214. The van der Waals surface area contributed by atoms with Gasteiger partial charge in [0, 0.05) is 18.0 Å². The summed E-state index contributed by atoms with van der Waals surface area (Å²) in [4.78, 5) is 10.7. The molecular formula is C14H13NO. The summed E-state index contributed by atoms with van der Waals surface area (Å²) in [6.07, 6.45) is 7.09. The van der Waals surface area contributed by atoms with Crippen molar-refractivity contribution in [2.75, 3.05) is 0 Å². The second-order valence-corrected chi connectivity index (χ2v) is 4.26. The number of rotatable bonds is 2. The zero-order chi connectivity index (χ0) is 11.0. The predicted molar refractivity (Wildman–Crippen MR) is 62.7 cm³/mol. The molecule has 0 radical (unpaired) electrons. The van der Waals surface area contributed by atoms with Crippen molar-refractivity contribution in [2.45, 2.75) is 18.9 Å². The van der Waals surface area contributed by atoms with Crippen LogP contribution in [0.1, 0.15) is 33.9 Å². The Morgan fingerprint density at radius 3 is 2.94 bits per heavy atom. The van der Waals surface area contributed by atoms with Gasteiger partial charge in [0.2, 0.25) is 0 Å². The number of hydrogen-bond acceptors (Lipinski definition) is 1. The van der Waals surface area contributed by atoms with Crippen LogP contribution in [0.5, 0.6) is 0 Å². The highest BCUT2D eigenvalue weighted by molar-refractivity contribution is 5.74. The largest absolute Gasteiger partial charge is 0.346 e. The van der Waals surface area contributed by atoms with Crippen molar-refractivity contribution in [3.8, 4) is 0 Å². The van der Waals surface area contributed by atoms with E-state index < -0.39 is 0 Å². The lowest BCUT2D eigenvalue weighted by atomic mass is 10.1. The Labute approximate surface area is 94.5 Å². The number of carbonyl (C=O) groups excluding carboxylic acids is 1. The number of aromatic nitrogens is 1. The third-order valence-corrected chi connectivity index (χ3v) is 3.33. The van der Waals surface area contributed by atoms with E-state index in [0.29, 0.717) is 6.04 Å². The third kappa shape index (κ3) is 1.38. The minimum absolute atomic E-state index is 0.407. The molecule has 0 saturated heterocycles. The van der Waals surface area contributed by atoms with Crippen LogP contribution < -0.4 is 0 Å². The minimum Gasteiger partial charge on any atom is -0.346 e. The Morgan fingerprint density at radius 1 is 1.25 bits per heavy atom. The first kappa shape index (κ1) is 9.40. The van der Waals surface area contributed by atoms with Crippen molar-refractivity contribution >= 4 is 6.29 Å². The first-order valence-corrected chi connectivity index (χ1v) is 5.59. The summed E-state index contributed by atoms with van der Waals surface area (Å²) in [7, 11) is 0. The molecule has 2 aromatic rings. The summed E-state index contributed by atoms with van der Waals surface area (Å²) in [6, 6.07) is 10.8. The van der Waals surface area contributed by atoms with Crippen LogP contribution in [0.15, 0.2) is 42.7 Å². The van der Waals surface area contributed by atoms with Crippen molar-refractivity contribution < 1.29 is 4.79 Å². The van der Waals surface area contributed by atoms with Gasteiger partial charge in [0.15, 0.2) is 6.29 Å². The van der Waals surface area contributed by atoms with E-state index in [1.54, 1.807) is 0 Å². The molecule has 0 bridgehead atoms. The van der Waals surface area contributed by atoms with E-state index in [1.807, 2.05) is 18.5 Å². The quantitative estimate of drug-likeness (QED) is 0.700. The molecular weight excluding hydrogens is 198 g/mol. The van der Waals surface area contributed by atoms with E-state index in [9.17, 15) is 4.79 Å². The van der Waals surface area contributed by atoms with Gasteiger partial charge >= 0.3 is 0 Å². The average Bonchev–Trinajstić information content (AvgIpc) is 2.94. The van der Waals surface area contributed by atoms with E-state index in [-0.39, 0.29) is 0 Å². The summed E-state index contributed by atoms with van der Waals surface area (Å²) in [6.45, 7) is 0. The molecule has 16 heavy (non-hydrogen) atoms. The lowest BCUT2D eigenvalue weighted by Crippen LogP contribution is -2.04. The number of aldehydes is 1. The molecule has 0 spiro atoms. The van der Waals surface area contributed by atoms with Gasteiger partial charge in [-0.3, -0.25) is 4.79 Å². The van der Waals surface area contributed by atoms with Crippen molar-refractivity contribution in [1.82, 2.24) is 4.57 Å². The third-order valence-electron chi connectivity index (χ3n) is 3.33. The molecule has 0 fully saturated rings. The predicted octanol–water partition coefficient (Wildman–Crippen LogP) is 2.84. The lowest BCUT2D eigenvalue weighted by Gasteiger charge is -2.13. The van der Waals surface area contributed by atoms with Gasteiger partial charge in [0.25, 0.3) is 0 Å². The maximum absolute atomic E-state index is 10.7. The maximum Gasteiger partial charge on any atom is 0.151 e. The van der Waals surface area contributed by atoms with Crippen LogP contribution in [0.25, 0.3) is 0 Å². The zero-order valence-electron chi connectivity index (χ0n) is 8.97. The second kappa shape index (κ2) is 3.63. The monoisotopic (exact) mass is 211 g/mol. The van der Waals surface area contributed by atoms with Crippen LogP contribution in [0, 0.1) is 0 Å². The van der Waals surface area contributed by atoms with E-state index in [2.05, 4.69) is 28.8 Å². The van der Waals surface area contributed by atoms with E-state index in [0.717, 1.165) is 24.7 Å².